The van der Waals surface area contributed by atoms with Crippen LogP contribution in [0.5, 0.6) is 0 Å². The number of hydrogen-bond acceptors (Lipinski definition) is 0. The van der Waals surface area contributed by atoms with Crippen LogP contribution in [-0.4, -0.2) is 0 Å². The van der Waals surface area contributed by atoms with E-state index in [1.54, 1.807) is 72.8 Å². The molecule has 3 aromatic rings. The van der Waals surface area contributed by atoms with Crippen LogP contribution in [0.25, 0.3) is 0 Å². The SMILES string of the molecule is Fc1ccccc1[N+](F)(c1ccccc1)c1ccccc1. The lowest BCUT2D eigenvalue weighted by molar-refractivity contribution is 0.176. The first kappa shape index (κ1) is 13.5. The minimum Gasteiger partial charge on any atom is -0.200 e. The first-order valence-corrected chi connectivity index (χ1v) is 6.68. The molecule has 0 saturated carbocycles. The van der Waals surface area contributed by atoms with E-state index in [1.165, 1.54) is 12.1 Å². The van der Waals surface area contributed by atoms with Gasteiger partial charge in [0.05, 0.1) is 0 Å². The topological polar surface area (TPSA) is 0 Å². The van der Waals surface area contributed by atoms with Gasteiger partial charge in [-0.15, -0.1) is 0 Å². The number of quaternary nitrogens is 1. The number of nitrogens with zero attached hydrogens (tertiary/aromatic N) is 1. The Labute approximate surface area is 122 Å². The molecule has 0 N–H and O–H groups in total. The summed E-state index contributed by atoms with van der Waals surface area (Å²) in [6, 6.07) is 23.1. The standard InChI is InChI=1S/C18H14F2N/c19-17-13-7-8-14-18(17)21(20,15-9-3-1-4-10-15)16-11-5-2-6-12-16/h1-14H/q+1. The molecule has 3 rings (SSSR count). The normalized spacial score (nSPS) is 11.3. The highest BCUT2D eigenvalue weighted by molar-refractivity contribution is 5.68. The van der Waals surface area contributed by atoms with Crippen molar-refractivity contribution >= 4 is 17.1 Å². The summed E-state index contributed by atoms with van der Waals surface area (Å²) in [5, 5.41) is 0. The number of rotatable bonds is 3. The minimum absolute atomic E-state index is 0.0325. The molecule has 21 heavy (non-hydrogen) atoms. The maximum atomic E-state index is 15.9. The van der Waals surface area contributed by atoms with E-state index in [-0.39, 0.29) is 5.69 Å². The molecule has 0 fully saturated rings. The van der Waals surface area contributed by atoms with Crippen molar-refractivity contribution < 1.29 is 8.87 Å². The molecule has 0 heterocycles. The highest BCUT2D eigenvalue weighted by atomic mass is 19.2. The monoisotopic (exact) mass is 282 g/mol. The van der Waals surface area contributed by atoms with Crippen molar-refractivity contribution in [3.63, 3.8) is 0 Å². The van der Waals surface area contributed by atoms with Crippen LogP contribution in [0.2, 0.25) is 0 Å². The zero-order chi connectivity index (χ0) is 14.7. The lowest BCUT2D eigenvalue weighted by Crippen LogP contribution is -2.29. The summed E-state index contributed by atoms with van der Waals surface area (Å²) in [6.07, 6.45) is 0. The summed E-state index contributed by atoms with van der Waals surface area (Å²) in [4.78, 5) is 0. The average Bonchev–Trinajstić information content (AvgIpc) is 2.56. The Kier molecular flexibility index (Phi) is 3.50. The Hall–Kier alpha value is -2.52. The second-order valence-electron chi connectivity index (χ2n) is 4.71. The average molecular weight is 282 g/mol. The predicted molar refractivity (Wildman–Crippen MR) is 81.5 cm³/mol. The first-order valence-electron chi connectivity index (χ1n) is 6.68. The highest BCUT2D eigenvalue weighted by Gasteiger charge is 2.40. The van der Waals surface area contributed by atoms with Gasteiger partial charge in [-0.25, -0.2) is 4.39 Å². The highest BCUT2D eigenvalue weighted by Crippen LogP contribution is 2.45. The van der Waals surface area contributed by atoms with Crippen LogP contribution in [0.3, 0.4) is 0 Å². The van der Waals surface area contributed by atoms with Gasteiger partial charge in [0, 0.05) is 34.8 Å². The molecule has 104 valence electrons. The van der Waals surface area contributed by atoms with E-state index in [4.69, 9.17) is 0 Å². The molecule has 0 unspecified atom stereocenters. The molecular weight excluding hydrogens is 268 g/mol. The van der Waals surface area contributed by atoms with E-state index < -0.39 is 10.5 Å². The minimum atomic E-state index is -1.20. The van der Waals surface area contributed by atoms with E-state index in [1.807, 2.05) is 0 Å². The summed E-state index contributed by atoms with van der Waals surface area (Å²) in [5.74, 6) is -0.576. The molecule has 0 atom stereocenters. The molecule has 0 aliphatic carbocycles. The van der Waals surface area contributed by atoms with Gasteiger partial charge in [-0.3, -0.25) is 0 Å². The zero-order valence-corrected chi connectivity index (χ0v) is 11.3. The molecule has 0 aliphatic heterocycles. The zero-order valence-electron chi connectivity index (χ0n) is 11.3. The van der Waals surface area contributed by atoms with Gasteiger partial charge in [-0.2, -0.15) is 0 Å². The van der Waals surface area contributed by atoms with Crippen molar-refractivity contribution in [3.8, 4) is 0 Å². The van der Waals surface area contributed by atoms with E-state index in [2.05, 4.69) is 0 Å². The fourth-order valence-electron chi connectivity index (χ4n) is 2.40. The fourth-order valence-corrected chi connectivity index (χ4v) is 2.40. The van der Waals surface area contributed by atoms with Gasteiger partial charge in [0.25, 0.3) is 0 Å². The summed E-state index contributed by atoms with van der Waals surface area (Å²) in [5.41, 5.74) is 0.678. The molecule has 0 amide bonds. The third-order valence-electron chi connectivity index (χ3n) is 3.41. The van der Waals surface area contributed by atoms with E-state index >= 15 is 4.48 Å². The predicted octanol–water partition coefficient (Wildman–Crippen LogP) is 5.68. The maximum absolute atomic E-state index is 15.9. The summed E-state index contributed by atoms with van der Waals surface area (Å²) in [7, 11) is 0. The van der Waals surface area contributed by atoms with Gasteiger partial charge < -0.3 is 0 Å². The third-order valence-corrected chi connectivity index (χ3v) is 3.41. The van der Waals surface area contributed by atoms with Gasteiger partial charge >= 0.3 is 0 Å². The first-order chi connectivity index (χ1) is 10.2. The molecule has 3 aromatic carbocycles. The smallest absolute Gasteiger partial charge is 0.200 e. The van der Waals surface area contributed by atoms with Gasteiger partial charge in [0.1, 0.15) is 0 Å². The van der Waals surface area contributed by atoms with E-state index in [9.17, 15) is 4.39 Å². The van der Waals surface area contributed by atoms with Crippen LogP contribution < -0.4 is 4.71 Å². The molecule has 1 nitrogen and oxygen atoms in total. The Morgan fingerprint density at radius 2 is 1.00 bits per heavy atom. The van der Waals surface area contributed by atoms with Crippen LogP contribution in [-0.2, 0) is 0 Å². The quantitative estimate of drug-likeness (QED) is 0.542. The lowest BCUT2D eigenvalue weighted by atomic mass is 10.2. The van der Waals surface area contributed by atoms with Crippen molar-refractivity contribution in [2.45, 2.75) is 0 Å². The summed E-state index contributed by atoms with van der Waals surface area (Å²) < 4.78 is 28.9. The molecular formula is C18H14F2N+. The van der Waals surface area contributed by atoms with Crippen LogP contribution in [0.4, 0.5) is 25.9 Å². The van der Waals surface area contributed by atoms with Crippen LogP contribution in [0.1, 0.15) is 0 Å². The second kappa shape index (κ2) is 5.46. The number of hydrogen-bond donors (Lipinski definition) is 0. The molecule has 3 heteroatoms. The van der Waals surface area contributed by atoms with Crippen LogP contribution >= 0.6 is 0 Å². The van der Waals surface area contributed by atoms with E-state index in [0.717, 1.165) is 0 Å². The molecule has 0 aliphatic rings. The molecule has 0 aromatic heterocycles. The summed E-state index contributed by atoms with van der Waals surface area (Å²) >= 11 is 0. The Morgan fingerprint density at radius 3 is 1.48 bits per heavy atom. The third kappa shape index (κ3) is 2.32. The molecule has 0 spiro atoms. The maximum Gasteiger partial charge on any atom is 0.217 e. The molecule has 0 saturated heterocycles. The van der Waals surface area contributed by atoms with Gasteiger partial charge in [0.2, 0.25) is 5.69 Å². The number of para-hydroxylation sites is 3. The van der Waals surface area contributed by atoms with Crippen molar-refractivity contribution in [1.29, 1.82) is 0 Å². The number of benzene rings is 3. The van der Waals surface area contributed by atoms with Crippen molar-refractivity contribution in [2.75, 3.05) is 0 Å². The van der Waals surface area contributed by atoms with Crippen LogP contribution in [0.15, 0.2) is 84.9 Å². The second-order valence-corrected chi connectivity index (χ2v) is 4.71. The van der Waals surface area contributed by atoms with Crippen LogP contribution in [0, 0.1) is 5.82 Å². The molecule has 0 radical (unpaired) electrons. The Balaban J connectivity index is 2.29. The van der Waals surface area contributed by atoms with Crippen molar-refractivity contribution in [1.82, 2.24) is 4.71 Å². The number of halogens is 2. The van der Waals surface area contributed by atoms with Gasteiger partial charge in [-0.1, -0.05) is 48.5 Å². The Morgan fingerprint density at radius 1 is 0.571 bits per heavy atom. The fraction of sp³-hybridized carbons (Fsp3) is 0. The summed E-state index contributed by atoms with van der Waals surface area (Å²) in [6.45, 7) is 0. The van der Waals surface area contributed by atoms with Gasteiger partial charge in [-0.05, 0) is 10.8 Å². The van der Waals surface area contributed by atoms with E-state index in [0.29, 0.717) is 11.4 Å². The lowest BCUT2D eigenvalue weighted by Gasteiger charge is -2.25. The van der Waals surface area contributed by atoms with Crippen molar-refractivity contribution in [2.24, 2.45) is 0 Å². The Bertz CT molecular complexity index is 687. The van der Waals surface area contributed by atoms with Gasteiger partial charge in [0.15, 0.2) is 17.2 Å². The largest absolute Gasteiger partial charge is 0.217 e. The molecule has 0 bridgehead atoms. The van der Waals surface area contributed by atoms with Crippen molar-refractivity contribution in [3.05, 3.63) is 90.7 Å².